The Kier molecular flexibility index (Phi) is 9.98. The molecule has 4 N–H and O–H groups in total. The number of hydrogen-bond acceptors (Lipinski definition) is 0. The molecule has 276 valence electrons. The van der Waals surface area contributed by atoms with Gasteiger partial charge in [-0.25, -0.2) is 0 Å². The molecule has 0 saturated carbocycles. The molecule has 0 fully saturated rings. The molecule has 56 heavy (non-hydrogen) atoms. The standard InChI is InChI=1S/C44H24Cl8N4/c45-21-5-1-6-22(46)37(21)41-29-13-15-31(53-29)42(38-23(47)7-2-8-24(38)48)33-17-19-35(55-33)44(40-27(51)11-4-12-28(40)52)36-20-18-34(56-36)43(32-16-14-30(41)54-32)39-25(49)9-3-10-26(39)50/h1-20,53-56H. The average Bonchev–Trinajstić information content (AvgIpc) is 4.00. The summed E-state index contributed by atoms with van der Waals surface area (Å²) in [6.45, 7) is 0. The zero-order valence-electron chi connectivity index (χ0n) is 28.6. The smallest absolute Gasteiger partial charge is 0.0500 e. The SMILES string of the molecule is Clc1cccc(Cl)c1C1=c2ccc([nH]2)=C(c2c(Cl)cccc2Cl)c2ccc([nH]2)C(c2c(Cl)cccc2Cl)=c2ccc([nH]2)=C(c2c(Cl)cccc2Cl)c2ccc1[nH]2. The Morgan fingerprint density at radius 1 is 0.232 bits per heavy atom. The summed E-state index contributed by atoms with van der Waals surface area (Å²) in [4.78, 5) is 14.7. The first-order chi connectivity index (χ1) is 27.1. The molecule has 1 aliphatic heterocycles. The third-order valence-electron chi connectivity index (χ3n) is 9.75. The highest BCUT2D eigenvalue weighted by atomic mass is 35.5. The van der Waals surface area contributed by atoms with E-state index in [0.717, 1.165) is 66.5 Å². The summed E-state index contributed by atoms with van der Waals surface area (Å²) in [7, 11) is 0. The largest absolute Gasteiger partial charge is 0.354 e. The zero-order valence-corrected chi connectivity index (χ0v) is 34.6. The zero-order chi connectivity index (χ0) is 38.8. The van der Waals surface area contributed by atoms with Crippen LogP contribution in [0.15, 0.2) is 121 Å². The summed E-state index contributed by atoms with van der Waals surface area (Å²) in [6, 6.07) is 37.6. The maximum absolute atomic E-state index is 6.97. The van der Waals surface area contributed by atoms with E-state index in [1.54, 1.807) is 0 Å². The molecule has 4 aromatic heterocycles. The van der Waals surface area contributed by atoms with E-state index in [1.165, 1.54) is 0 Å². The second-order valence-electron chi connectivity index (χ2n) is 13.0. The predicted molar refractivity (Wildman–Crippen MR) is 234 cm³/mol. The van der Waals surface area contributed by atoms with Crippen LogP contribution in [0.2, 0.25) is 40.2 Å². The van der Waals surface area contributed by atoms with Crippen molar-refractivity contribution >= 4 is 115 Å². The lowest BCUT2D eigenvalue weighted by atomic mass is 10.0. The fourth-order valence-corrected chi connectivity index (χ4v) is 9.70. The Balaban J connectivity index is 1.50. The Labute approximate surface area is 360 Å². The molecule has 8 bridgehead atoms. The van der Waals surface area contributed by atoms with Crippen LogP contribution in [0.5, 0.6) is 0 Å². The Hall–Kier alpha value is -4.20. The van der Waals surface area contributed by atoms with Gasteiger partial charge >= 0.3 is 0 Å². The van der Waals surface area contributed by atoms with Crippen LogP contribution in [0, 0.1) is 0 Å². The highest BCUT2D eigenvalue weighted by Crippen LogP contribution is 2.39. The Bertz CT molecular complexity index is 2650. The topological polar surface area (TPSA) is 63.2 Å². The molecule has 5 heterocycles. The number of benzene rings is 4. The van der Waals surface area contributed by atoms with Crippen molar-refractivity contribution in [3.8, 4) is 0 Å². The summed E-state index contributed by atoms with van der Waals surface area (Å²) in [5, 5.41) is 6.62. The second kappa shape index (κ2) is 14.9. The summed E-state index contributed by atoms with van der Waals surface area (Å²) in [6.07, 6.45) is 0. The van der Waals surface area contributed by atoms with E-state index in [2.05, 4.69) is 19.9 Å². The summed E-state index contributed by atoms with van der Waals surface area (Å²) in [5.41, 5.74) is 8.31. The van der Waals surface area contributed by atoms with Crippen LogP contribution < -0.4 is 21.4 Å². The van der Waals surface area contributed by atoms with Crippen molar-refractivity contribution in [1.82, 2.24) is 19.9 Å². The maximum atomic E-state index is 6.97. The highest BCUT2D eigenvalue weighted by molar-refractivity contribution is 6.40. The number of H-pyrrole nitrogens is 4. The van der Waals surface area contributed by atoms with E-state index >= 15 is 0 Å². The summed E-state index contributed by atoms with van der Waals surface area (Å²) in [5.74, 6) is 0. The number of rotatable bonds is 4. The average molecular weight is 892 g/mol. The van der Waals surface area contributed by atoms with Crippen molar-refractivity contribution in [1.29, 1.82) is 0 Å². The molecule has 12 heteroatoms. The molecule has 9 rings (SSSR count). The molecule has 8 aromatic rings. The molecule has 4 nitrogen and oxygen atoms in total. The van der Waals surface area contributed by atoms with Gasteiger partial charge in [-0.15, -0.1) is 0 Å². The van der Waals surface area contributed by atoms with Gasteiger partial charge in [-0.3, -0.25) is 0 Å². The molecular weight excluding hydrogens is 868 g/mol. The molecule has 0 spiro atoms. The van der Waals surface area contributed by atoms with Gasteiger partial charge in [0.15, 0.2) is 0 Å². The predicted octanol–water partition coefficient (Wildman–Crippen LogP) is 11.5. The lowest BCUT2D eigenvalue weighted by Gasteiger charge is -2.13. The molecule has 0 unspecified atom stereocenters. The van der Waals surface area contributed by atoms with Crippen LogP contribution in [0.4, 0.5) is 0 Å². The van der Waals surface area contributed by atoms with Crippen molar-refractivity contribution in [3.05, 3.63) is 228 Å². The maximum Gasteiger partial charge on any atom is 0.0500 e. The fraction of sp³-hybridized carbons (Fsp3) is 0. The van der Waals surface area contributed by atoms with E-state index in [4.69, 9.17) is 92.8 Å². The van der Waals surface area contributed by atoms with E-state index in [-0.39, 0.29) is 0 Å². The van der Waals surface area contributed by atoms with Crippen molar-refractivity contribution in [2.24, 2.45) is 0 Å². The number of hydrogen-bond donors (Lipinski definition) is 4. The van der Waals surface area contributed by atoms with Gasteiger partial charge in [-0.05, 0) is 97.1 Å². The minimum absolute atomic E-state index is 0.468. The lowest BCUT2D eigenvalue weighted by molar-refractivity contribution is 1.19. The normalized spacial score (nSPS) is 12.9. The first-order valence-electron chi connectivity index (χ1n) is 17.1. The molecular formula is C44H24Cl8N4. The summed E-state index contributed by atoms with van der Waals surface area (Å²) < 4.78 is 0. The number of aromatic amines is 4. The molecule has 0 amide bonds. The van der Waals surface area contributed by atoms with E-state index in [1.807, 2.05) is 121 Å². The molecule has 4 aromatic carbocycles. The highest BCUT2D eigenvalue weighted by Gasteiger charge is 2.24. The monoisotopic (exact) mass is 888 g/mol. The van der Waals surface area contributed by atoms with E-state index < -0.39 is 0 Å². The first kappa shape index (κ1) is 37.4. The van der Waals surface area contributed by atoms with Crippen LogP contribution >= 0.6 is 92.8 Å². The van der Waals surface area contributed by atoms with Crippen molar-refractivity contribution in [2.45, 2.75) is 0 Å². The summed E-state index contributed by atoms with van der Waals surface area (Å²) >= 11 is 55.7. The van der Waals surface area contributed by atoms with Gasteiger partial charge in [-0.2, -0.15) is 0 Å². The van der Waals surface area contributed by atoms with Crippen molar-refractivity contribution in [3.63, 3.8) is 0 Å². The number of nitrogens with one attached hydrogen (secondary N) is 4. The van der Waals surface area contributed by atoms with Gasteiger partial charge < -0.3 is 19.9 Å². The number of halogens is 8. The first-order valence-corrected chi connectivity index (χ1v) is 20.2. The van der Waals surface area contributed by atoms with Gasteiger partial charge in [0.25, 0.3) is 0 Å². The molecule has 0 saturated heterocycles. The second-order valence-corrected chi connectivity index (χ2v) is 16.3. The Morgan fingerprint density at radius 3 is 0.625 bits per heavy atom. The van der Waals surface area contributed by atoms with Crippen LogP contribution in [0.1, 0.15) is 45.0 Å². The van der Waals surface area contributed by atoms with Gasteiger partial charge in [0.2, 0.25) is 0 Å². The van der Waals surface area contributed by atoms with Crippen LogP contribution in [0.25, 0.3) is 22.3 Å². The van der Waals surface area contributed by atoms with Crippen molar-refractivity contribution < 1.29 is 0 Å². The molecule has 0 radical (unpaired) electrons. The number of fused-ring (bicyclic) bond motifs is 8. The van der Waals surface area contributed by atoms with E-state index in [0.29, 0.717) is 62.4 Å². The van der Waals surface area contributed by atoms with E-state index in [9.17, 15) is 0 Å². The minimum atomic E-state index is 0.468. The third kappa shape index (κ3) is 6.43. The minimum Gasteiger partial charge on any atom is -0.354 e. The van der Waals surface area contributed by atoms with Gasteiger partial charge in [0, 0.05) is 88.7 Å². The lowest BCUT2D eigenvalue weighted by Crippen LogP contribution is -2.19. The van der Waals surface area contributed by atoms with Crippen LogP contribution in [0.3, 0.4) is 0 Å². The van der Waals surface area contributed by atoms with Crippen LogP contribution in [-0.4, -0.2) is 19.9 Å². The third-order valence-corrected chi connectivity index (χ3v) is 12.3. The quantitative estimate of drug-likeness (QED) is 0.136. The van der Waals surface area contributed by atoms with Gasteiger partial charge in [-0.1, -0.05) is 117 Å². The van der Waals surface area contributed by atoms with Gasteiger partial charge in [0.1, 0.15) is 0 Å². The van der Waals surface area contributed by atoms with Crippen molar-refractivity contribution in [2.75, 3.05) is 0 Å². The molecule has 0 aliphatic carbocycles. The number of aromatic nitrogens is 4. The molecule has 0 atom stereocenters. The molecule has 1 aliphatic rings. The van der Waals surface area contributed by atoms with Crippen LogP contribution in [-0.2, 0) is 0 Å². The Morgan fingerprint density at radius 2 is 0.429 bits per heavy atom. The van der Waals surface area contributed by atoms with Gasteiger partial charge in [0.05, 0.1) is 40.2 Å². The fourth-order valence-electron chi connectivity index (χ4n) is 7.35.